The van der Waals surface area contributed by atoms with Crippen LogP contribution in [0.2, 0.25) is 10.0 Å². The van der Waals surface area contributed by atoms with Crippen molar-refractivity contribution in [3.63, 3.8) is 0 Å². The normalized spacial score (nSPS) is 17.6. The average Bonchev–Trinajstić information content (AvgIpc) is 2.73. The van der Waals surface area contributed by atoms with Crippen molar-refractivity contribution in [3.8, 4) is 11.5 Å². The van der Waals surface area contributed by atoms with E-state index in [1.165, 1.54) is 11.3 Å². The number of halogens is 2. The minimum Gasteiger partial charge on any atom is -0.456 e. The molecule has 0 N–H and O–H groups in total. The first-order valence-corrected chi connectivity index (χ1v) is 11.1. The van der Waals surface area contributed by atoms with Crippen molar-refractivity contribution in [2.45, 2.75) is 38.6 Å². The first-order chi connectivity index (χ1) is 14.7. The molecule has 3 aromatic carbocycles. The number of rotatable bonds is 4. The Morgan fingerprint density at radius 1 is 1.03 bits per heavy atom. The molecule has 1 aliphatic heterocycles. The summed E-state index contributed by atoms with van der Waals surface area (Å²) in [4.78, 5) is 6.95. The van der Waals surface area contributed by atoms with Gasteiger partial charge in [-0.25, -0.2) is 0 Å². The van der Waals surface area contributed by atoms with Gasteiger partial charge < -0.3 is 9.64 Å². The summed E-state index contributed by atoms with van der Waals surface area (Å²) in [6, 6.07) is 19.2. The second-order valence-electron chi connectivity index (χ2n) is 8.69. The lowest BCUT2D eigenvalue weighted by atomic mass is 9.80. The summed E-state index contributed by atoms with van der Waals surface area (Å²) in [6.45, 7) is 6.82. The molecule has 3 nitrogen and oxygen atoms in total. The van der Waals surface area contributed by atoms with E-state index in [0.29, 0.717) is 27.5 Å². The van der Waals surface area contributed by atoms with Crippen molar-refractivity contribution < 1.29 is 4.74 Å². The van der Waals surface area contributed by atoms with Crippen LogP contribution in [0.25, 0.3) is 0 Å². The van der Waals surface area contributed by atoms with Crippen LogP contribution in [0.5, 0.6) is 11.5 Å². The molecule has 0 radical (unpaired) electrons. The number of nitrogens with zero attached hydrogens (tertiary/aromatic N) is 2. The molecule has 5 heteroatoms. The van der Waals surface area contributed by atoms with Gasteiger partial charge in [-0.3, -0.25) is 4.99 Å². The zero-order chi connectivity index (χ0) is 22.2. The molecule has 0 aliphatic carbocycles. The summed E-state index contributed by atoms with van der Waals surface area (Å²) in [5.74, 6) is 1.80. The van der Waals surface area contributed by atoms with Crippen molar-refractivity contribution in [3.05, 3.63) is 81.8 Å². The van der Waals surface area contributed by atoms with Crippen molar-refractivity contribution in [1.29, 1.82) is 0 Å². The quantitative estimate of drug-likeness (QED) is 0.372. The first kappa shape index (κ1) is 21.7. The molecule has 0 spiro atoms. The van der Waals surface area contributed by atoms with Crippen molar-refractivity contribution in [1.82, 2.24) is 0 Å². The minimum atomic E-state index is 0.110. The van der Waals surface area contributed by atoms with Crippen LogP contribution < -0.4 is 9.64 Å². The summed E-state index contributed by atoms with van der Waals surface area (Å²) in [5, 5.41) is 1.29. The summed E-state index contributed by atoms with van der Waals surface area (Å²) < 4.78 is 5.84. The number of hydrogen-bond donors (Lipinski definition) is 0. The molecule has 31 heavy (non-hydrogen) atoms. The molecule has 0 amide bonds. The van der Waals surface area contributed by atoms with E-state index in [1.807, 2.05) is 48.7 Å². The van der Waals surface area contributed by atoms with E-state index in [4.69, 9.17) is 27.9 Å². The maximum Gasteiger partial charge on any atom is 0.146 e. The highest BCUT2D eigenvalue weighted by atomic mass is 35.5. The summed E-state index contributed by atoms with van der Waals surface area (Å²) in [6.07, 6.45) is 2.93. The van der Waals surface area contributed by atoms with Crippen molar-refractivity contribution in [2.24, 2.45) is 4.99 Å². The van der Waals surface area contributed by atoms with E-state index in [2.05, 4.69) is 49.8 Å². The standard InChI is InChI=1S/C26H26Cl2N2O/c1-17-15-26(2,3)30(4)24-14-23(28)18(13-21(17)24)16-29-19-9-11-20(12-10-19)31-25-8-6-5-7-22(25)27/h5-14,16-17H,15H2,1-4H3. The van der Waals surface area contributed by atoms with E-state index >= 15 is 0 Å². The zero-order valence-electron chi connectivity index (χ0n) is 18.2. The molecular weight excluding hydrogens is 427 g/mol. The lowest BCUT2D eigenvalue weighted by Gasteiger charge is -2.45. The predicted octanol–water partition coefficient (Wildman–Crippen LogP) is 8.26. The van der Waals surface area contributed by atoms with Gasteiger partial charge in [0.2, 0.25) is 0 Å². The summed E-state index contributed by atoms with van der Waals surface area (Å²) in [7, 11) is 2.14. The molecular formula is C26H26Cl2N2O. The van der Waals surface area contributed by atoms with Crippen LogP contribution in [0.1, 0.15) is 44.2 Å². The monoisotopic (exact) mass is 452 g/mol. The third kappa shape index (κ3) is 4.58. The molecule has 160 valence electrons. The van der Waals surface area contributed by atoms with Gasteiger partial charge in [-0.15, -0.1) is 0 Å². The fourth-order valence-corrected chi connectivity index (χ4v) is 4.48. The van der Waals surface area contributed by atoms with Gasteiger partial charge in [-0.05, 0) is 80.3 Å². The summed E-state index contributed by atoms with van der Waals surface area (Å²) in [5.41, 5.74) is 4.38. The number of fused-ring (bicyclic) bond motifs is 1. The Balaban J connectivity index is 1.54. The number of hydrogen-bond acceptors (Lipinski definition) is 3. The first-order valence-electron chi connectivity index (χ1n) is 10.4. The van der Waals surface area contributed by atoms with E-state index in [0.717, 1.165) is 17.7 Å². The van der Waals surface area contributed by atoms with E-state index in [1.54, 1.807) is 6.07 Å². The van der Waals surface area contributed by atoms with Crippen LogP contribution in [-0.2, 0) is 0 Å². The van der Waals surface area contributed by atoms with Crippen molar-refractivity contribution in [2.75, 3.05) is 11.9 Å². The predicted molar refractivity (Wildman–Crippen MR) is 132 cm³/mol. The van der Waals surface area contributed by atoms with Gasteiger partial charge in [0.05, 0.1) is 15.7 Å². The second-order valence-corrected chi connectivity index (χ2v) is 9.51. The lowest BCUT2D eigenvalue weighted by Crippen LogP contribution is -2.45. The molecule has 1 aliphatic rings. The Morgan fingerprint density at radius 2 is 1.74 bits per heavy atom. The molecule has 1 atom stereocenters. The highest BCUT2D eigenvalue weighted by molar-refractivity contribution is 6.33. The van der Waals surface area contributed by atoms with Gasteiger partial charge in [-0.1, -0.05) is 42.3 Å². The van der Waals surface area contributed by atoms with Crippen LogP contribution in [0, 0.1) is 0 Å². The number of para-hydroxylation sites is 1. The van der Waals surface area contributed by atoms with Crippen LogP contribution in [0.15, 0.2) is 65.7 Å². The van der Waals surface area contributed by atoms with Gasteiger partial charge in [0, 0.05) is 30.1 Å². The smallest absolute Gasteiger partial charge is 0.146 e. The molecule has 3 aromatic rings. The third-order valence-corrected chi connectivity index (χ3v) is 6.65. The molecule has 0 fully saturated rings. The van der Waals surface area contributed by atoms with Crippen LogP contribution in [0.4, 0.5) is 11.4 Å². The number of aliphatic imine (C=N–C) groups is 1. The Morgan fingerprint density at radius 3 is 2.45 bits per heavy atom. The van der Waals surface area contributed by atoms with Gasteiger partial charge in [0.25, 0.3) is 0 Å². The zero-order valence-corrected chi connectivity index (χ0v) is 19.7. The molecule has 1 heterocycles. The molecule has 0 saturated carbocycles. The lowest BCUT2D eigenvalue weighted by molar-refractivity contribution is 0.395. The average molecular weight is 453 g/mol. The maximum absolute atomic E-state index is 6.61. The van der Waals surface area contributed by atoms with E-state index in [9.17, 15) is 0 Å². The van der Waals surface area contributed by atoms with Crippen LogP contribution in [-0.4, -0.2) is 18.8 Å². The fraction of sp³-hybridized carbons (Fsp3) is 0.269. The van der Waals surface area contributed by atoms with E-state index < -0.39 is 0 Å². The largest absolute Gasteiger partial charge is 0.456 e. The minimum absolute atomic E-state index is 0.110. The van der Waals surface area contributed by atoms with Crippen LogP contribution >= 0.6 is 23.2 Å². The van der Waals surface area contributed by atoms with Gasteiger partial charge in [0.15, 0.2) is 0 Å². The Hall–Kier alpha value is -2.49. The molecule has 0 saturated heterocycles. The number of anilines is 1. The number of ether oxygens (including phenoxy) is 1. The SMILES string of the molecule is CC1CC(C)(C)N(C)c2cc(Cl)c(C=Nc3ccc(Oc4ccccc4Cl)cc3)cc21. The van der Waals surface area contributed by atoms with Crippen molar-refractivity contribution >= 4 is 40.8 Å². The Kier molecular flexibility index (Phi) is 6.00. The second kappa shape index (κ2) is 8.57. The van der Waals surface area contributed by atoms with Gasteiger partial charge in [0.1, 0.15) is 11.5 Å². The van der Waals surface area contributed by atoms with Gasteiger partial charge in [-0.2, -0.15) is 0 Å². The van der Waals surface area contributed by atoms with E-state index in [-0.39, 0.29) is 5.54 Å². The number of benzene rings is 3. The Labute approximate surface area is 194 Å². The summed E-state index contributed by atoms with van der Waals surface area (Å²) >= 11 is 12.8. The Bertz CT molecular complexity index is 1120. The maximum atomic E-state index is 6.61. The molecule has 1 unspecified atom stereocenters. The topological polar surface area (TPSA) is 24.8 Å². The molecule has 4 rings (SSSR count). The van der Waals surface area contributed by atoms with Gasteiger partial charge >= 0.3 is 0 Å². The molecule has 0 aromatic heterocycles. The fourth-order valence-electron chi connectivity index (χ4n) is 4.10. The highest BCUT2D eigenvalue weighted by Crippen LogP contribution is 2.44. The molecule has 0 bridgehead atoms. The third-order valence-electron chi connectivity index (χ3n) is 6.01. The highest BCUT2D eigenvalue weighted by Gasteiger charge is 2.34. The van der Waals surface area contributed by atoms with Crippen LogP contribution in [0.3, 0.4) is 0 Å².